The van der Waals surface area contributed by atoms with E-state index in [4.69, 9.17) is 4.74 Å². The first-order valence-corrected chi connectivity index (χ1v) is 7.62. The molecule has 0 aliphatic carbocycles. The van der Waals surface area contributed by atoms with Gasteiger partial charge in [0.2, 0.25) is 0 Å². The molecule has 0 spiro atoms. The van der Waals surface area contributed by atoms with Crippen molar-refractivity contribution in [3.05, 3.63) is 69.8 Å². The van der Waals surface area contributed by atoms with Crippen LogP contribution in [0.3, 0.4) is 0 Å². The Hall–Kier alpha value is -1.88. The molecule has 0 saturated heterocycles. The molecule has 4 nitrogen and oxygen atoms in total. The van der Waals surface area contributed by atoms with E-state index in [2.05, 4.69) is 15.9 Å². The van der Waals surface area contributed by atoms with Crippen LogP contribution < -0.4 is 4.74 Å². The third-order valence-electron chi connectivity index (χ3n) is 3.10. The highest BCUT2D eigenvalue weighted by Crippen LogP contribution is 2.32. The Morgan fingerprint density at radius 1 is 1.24 bits per heavy atom. The van der Waals surface area contributed by atoms with Gasteiger partial charge < -0.3 is 4.74 Å². The van der Waals surface area contributed by atoms with Crippen LogP contribution in [0.15, 0.2) is 48.5 Å². The van der Waals surface area contributed by atoms with Crippen molar-refractivity contribution < 1.29 is 9.66 Å². The Kier molecular flexibility index (Phi) is 5.33. The topological polar surface area (TPSA) is 52.4 Å². The molecule has 0 fully saturated rings. The van der Waals surface area contributed by atoms with Crippen molar-refractivity contribution in [1.29, 1.82) is 0 Å². The van der Waals surface area contributed by atoms with Crippen molar-refractivity contribution in [2.24, 2.45) is 0 Å². The van der Waals surface area contributed by atoms with Crippen molar-refractivity contribution in [2.45, 2.75) is 18.2 Å². The van der Waals surface area contributed by atoms with E-state index >= 15 is 0 Å². The monoisotopic (exact) mass is 349 g/mol. The Labute approximate surface area is 132 Å². The van der Waals surface area contributed by atoms with Crippen LogP contribution >= 0.6 is 15.9 Å². The number of hydrogen-bond acceptors (Lipinski definition) is 3. The van der Waals surface area contributed by atoms with Gasteiger partial charge in [-0.3, -0.25) is 10.1 Å². The first kappa shape index (κ1) is 15.5. The number of ether oxygens (including phenoxy) is 1. The van der Waals surface area contributed by atoms with Gasteiger partial charge in [0.15, 0.2) is 5.75 Å². The van der Waals surface area contributed by atoms with Gasteiger partial charge >= 0.3 is 5.69 Å². The maximum atomic E-state index is 11.0. The van der Waals surface area contributed by atoms with Crippen LogP contribution in [0.4, 0.5) is 5.69 Å². The van der Waals surface area contributed by atoms with Gasteiger partial charge in [0.05, 0.1) is 11.5 Å². The zero-order chi connectivity index (χ0) is 15.2. The van der Waals surface area contributed by atoms with Crippen LogP contribution in [0.1, 0.15) is 22.9 Å². The minimum absolute atomic E-state index is 0.00596. The van der Waals surface area contributed by atoms with E-state index in [1.165, 1.54) is 11.6 Å². The fourth-order valence-corrected chi connectivity index (χ4v) is 2.77. The fourth-order valence-electron chi connectivity index (χ4n) is 2.09. The van der Waals surface area contributed by atoms with Crippen molar-refractivity contribution in [3.8, 4) is 5.75 Å². The molecule has 0 aromatic heterocycles. The Balaban J connectivity index is 2.21. The molecule has 0 aliphatic rings. The number of hydrogen-bond donors (Lipinski definition) is 0. The van der Waals surface area contributed by atoms with E-state index < -0.39 is 4.92 Å². The molecule has 0 amide bonds. The lowest BCUT2D eigenvalue weighted by Gasteiger charge is -2.11. The summed E-state index contributed by atoms with van der Waals surface area (Å²) < 4.78 is 5.37. The lowest BCUT2D eigenvalue weighted by atomic mass is 10.0. The van der Waals surface area contributed by atoms with E-state index in [0.29, 0.717) is 12.4 Å². The number of rotatable bonds is 6. The molecule has 110 valence electrons. The second kappa shape index (κ2) is 7.22. The molecule has 0 saturated carbocycles. The number of nitro groups is 1. The second-order valence-electron chi connectivity index (χ2n) is 4.57. The van der Waals surface area contributed by atoms with Crippen LogP contribution in [0.25, 0.3) is 0 Å². The van der Waals surface area contributed by atoms with E-state index in [9.17, 15) is 10.1 Å². The standard InChI is InChI=1S/C16H16BrNO3/c1-2-21-16-11-12(8-9-15(16)18(19)20)10-14(17)13-6-4-3-5-7-13/h3-9,11,14H,2,10H2,1H3. The number of halogens is 1. The lowest BCUT2D eigenvalue weighted by molar-refractivity contribution is -0.385. The summed E-state index contributed by atoms with van der Waals surface area (Å²) in [6, 6.07) is 15.1. The lowest BCUT2D eigenvalue weighted by Crippen LogP contribution is -2.00. The van der Waals surface area contributed by atoms with Gasteiger partial charge in [0, 0.05) is 10.9 Å². The fraction of sp³-hybridized carbons (Fsp3) is 0.250. The first-order chi connectivity index (χ1) is 10.1. The molecule has 2 aromatic carbocycles. The Bertz CT molecular complexity index is 616. The minimum atomic E-state index is -0.419. The molecule has 0 heterocycles. The molecular weight excluding hydrogens is 334 g/mol. The largest absolute Gasteiger partial charge is 0.487 e. The van der Waals surface area contributed by atoms with Crippen molar-refractivity contribution in [2.75, 3.05) is 6.61 Å². The minimum Gasteiger partial charge on any atom is -0.487 e. The molecule has 2 rings (SSSR count). The van der Waals surface area contributed by atoms with E-state index in [1.807, 2.05) is 37.3 Å². The van der Waals surface area contributed by atoms with Gasteiger partial charge in [-0.1, -0.05) is 52.3 Å². The van der Waals surface area contributed by atoms with Crippen LogP contribution in [0.2, 0.25) is 0 Å². The van der Waals surface area contributed by atoms with Crippen LogP contribution in [0.5, 0.6) is 5.75 Å². The highest BCUT2D eigenvalue weighted by atomic mass is 79.9. The SMILES string of the molecule is CCOc1cc(CC(Br)c2ccccc2)ccc1[N+](=O)[O-]. The summed E-state index contributed by atoms with van der Waals surface area (Å²) in [4.78, 5) is 10.7. The molecule has 0 bridgehead atoms. The molecule has 21 heavy (non-hydrogen) atoms. The predicted octanol–water partition coefficient (Wildman–Crippen LogP) is 4.67. The van der Waals surface area contributed by atoms with Gasteiger partial charge in [-0.2, -0.15) is 0 Å². The number of nitro benzene ring substituents is 1. The number of nitrogens with zero attached hydrogens (tertiary/aromatic N) is 1. The van der Waals surface area contributed by atoms with Crippen LogP contribution in [-0.2, 0) is 6.42 Å². The maximum absolute atomic E-state index is 11.0. The molecule has 5 heteroatoms. The predicted molar refractivity (Wildman–Crippen MR) is 86.1 cm³/mol. The van der Waals surface area contributed by atoms with E-state index in [-0.39, 0.29) is 10.5 Å². The summed E-state index contributed by atoms with van der Waals surface area (Å²) in [5, 5.41) is 11.0. The van der Waals surface area contributed by atoms with E-state index in [1.54, 1.807) is 12.1 Å². The molecule has 1 atom stereocenters. The van der Waals surface area contributed by atoms with Crippen molar-refractivity contribution >= 4 is 21.6 Å². The second-order valence-corrected chi connectivity index (χ2v) is 5.68. The third kappa shape index (κ3) is 4.04. The summed E-state index contributed by atoms with van der Waals surface area (Å²) in [7, 11) is 0. The summed E-state index contributed by atoms with van der Waals surface area (Å²) >= 11 is 3.66. The van der Waals surface area contributed by atoms with Gasteiger partial charge in [0.25, 0.3) is 0 Å². The van der Waals surface area contributed by atoms with Crippen LogP contribution in [0, 0.1) is 10.1 Å². The summed E-state index contributed by atoms with van der Waals surface area (Å²) in [5.41, 5.74) is 2.18. The average molecular weight is 350 g/mol. The molecule has 0 N–H and O–H groups in total. The average Bonchev–Trinajstić information content (AvgIpc) is 2.48. The first-order valence-electron chi connectivity index (χ1n) is 6.71. The molecule has 1 unspecified atom stereocenters. The smallest absolute Gasteiger partial charge is 0.310 e. The Morgan fingerprint density at radius 3 is 2.57 bits per heavy atom. The van der Waals surface area contributed by atoms with Gasteiger partial charge in [-0.25, -0.2) is 0 Å². The normalized spacial score (nSPS) is 11.9. The van der Waals surface area contributed by atoms with Crippen LogP contribution in [-0.4, -0.2) is 11.5 Å². The Morgan fingerprint density at radius 2 is 1.95 bits per heavy atom. The quantitative estimate of drug-likeness (QED) is 0.432. The van der Waals surface area contributed by atoms with Crippen molar-refractivity contribution in [3.63, 3.8) is 0 Å². The van der Waals surface area contributed by atoms with Crippen molar-refractivity contribution in [1.82, 2.24) is 0 Å². The third-order valence-corrected chi connectivity index (χ3v) is 3.95. The number of alkyl halides is 1. The molecule has 2 aromatic rings. The zero-order valence-electron chi connectivity index (χ0n) is 11.7. The van der Waals surface area contributed by atoms with E-state index in [0.717, 1.165) is 12.0 Å². The highest BCUT2D eigenvalue weighted by molar-refractivity contribution is 9.09. The zero-order valence-corrected chi connectivity index (χ0v) is 13.2. The van der Waals surface area contributed by atoms with Gasteiger partial charge in [-0.05, 0) is 30.5 Å². The molecule has 0 radical (unpaired) electrons. The molecular formula is C16H16BrNO3. The van der Waals surface area contributed by atoms with Gasteiger partial charge in [0.1, 0.15) is 0 Å². The summed E-state index contributed by atoms with van der Waals surface area (Å²) in [6.07, 6.45) is 0.738. The summed E-state index contributed by atoms with van der Waals surface area (Å²) in [5.74, 6) is 0.327. The van der Waals surface area contributed by atoms with Gasteiger partial charge in [-0.15, -0.1) is 0 Å². The highest BCUT2D eigenvalue weighted by Gasteiger charge is 2.17. The summed E-state index contributed by atoms with van der Waals surface area (Å²) in [6.45, 7) is 2.22. The number of benzene rings is 2. The molecule has 0 aliphatic heterocycles. The maximum Gasteiger partial charge on any atom is 0.310 e.